The van der Waals surface area contributed by atoms with Crippen molar-refractivity contribution in [2.45, 2.75) is 0 Å². The van der Waals surface area contributed by atoms with Crippen LogP contribution in [-0.4, -0.2) is 16.5 Å². The summed E-state index contributed by atoms with van der Waals surface area (Å²) in [6.07, 6.45) is 1.80. The Balaban J connectivity index is 1.79. The number of nitro groups is 1. The molecule has 142 valence electrons. The van der Waals surface area contributed by atoms with E-state index in [0.717, 1.165) is 15.6 Å². The Morgan fingerprint density at radius 3 is 2.34 bits per heavy atom. The van der Waals surface area contributed by atoms with Gasteiger partial charge in [0.15, 0.2) is 0 Å². The van der Waals surface area contributed by atoms with Crippen LogP contribution in [0.1, 0.15) is 11.1 Å². The van der Waals surface area contributed by atoms with E-state index in [4.69, 9.17) is 0 Å². The fraction of sp³-hybridized carbons (Fsp3) is 0. The molecule has 0 atom stereocenters. The molecule has 1 aliphatic heterocycles. The summed E-state index contributed by atoms with van der Waals surface area (Å²) in [7, 11) is 0. The number of benzene rings is 3. The minimum atomic E-state index is -0.479. The van der Waals surface area contributed by atoms with Crippen LogP contribution >= 0.6 is 15.9 Å². The van der Waals surface area contributed by atoms with Gasteiger partial charge in [0.25, 0.3) is 11.6 Å². The number of halogens is 1. The van der Waals surface area contributed by atoms with Crippen molar-refractivity contribution < 1.29 is 9.72 Å². The Morgan fingerprint density at radius 2 is 1.69 bits per heavy atom. The maximum Gasteiger partial charge on any atom is 0.281 e. The summed E-state index contributed by atoms with van der Waals surface area (Å²) in [5.41, 5.74) is 3.09. The predicted octanol–water partition coefficient (Wildman–Crippen LogP) is 5.19. The maximum absolute atomic E-state index is 13.2. The minimum absolute atomic E-state index is 0.0439. The van der Waals surface area contributed by atoms with E-state index in [1.807, 2.05) is 54.6 Å². The molecule has 4 rings (SSSR count). The summed E-state index contributed by atoms with van der Waals surface area (Å²) >= 11 is 3.44. The summed E-state index contributed by atoms with van der Waals surface area (Å²) in [5.74, 6) is -0.294. The molecule has 0 saturated carbocycles. The van der Waals surface area contributed by atoms with E-state index < -0.39 is 4.92 Å². The van der Waals surface area contributed by atoms with E-state index in [1.54, 1.807) is 6.08 Å². The second-order valence-electron chi connectivity index (χ2n) is 6.32. The van der Waals surface area contributed by atoms with Gasteiger partial charge in [-0.3, -0.25) is 14.9 Å². The maximum atomic E-state index is 13.2. The van der Waals surface area contributed by atoms with Gasteiger partial charge in [-0.1, -0.05) is 58.4 Å². The standard InChI is InChI=1S/C22H14BrN3O3/c23-17-8-4-5-15(13-17)14-20-21(16-6-2-1-3-7-16)24-25(22(20)27)18-9-11-19(12-10-18)26(28)29/h1-14H. The third-order valence-electron chi connectivity index (χ3n) is 4.39. The summed E-state index contributed by atoms with van der Waals surface area (Å²) in [4.78, 5) is 23.6. The first-order valence-electron chi connectivity index (χ1n) is 8.73. The molecule has 1 amide bonds. The Kier molecular flexibility index (Phi) is 5.05. The molecule has 0 saturated heterocycles. The van der Waals surface area contributed by atoms with Gasteiger partial charge < -0.3 is 0 Å². The molecular formula is C22H14BrN3O3. The summed E-state index contributed by atoms with van der Waals surface area (Å²) in [5, 5.41) is 16.7. The first-order chi connectivity index (χ1) is 14.0. The molecule has 0 aromatic heterocycles. The van der Waals surface area contributed by atoms with Crippen LogP contribution in [0.2, 0.25) is 0 Å². The number of hydrogen-bond donors (Lipinski definition) is 0. The van der Waals surface area contributed by atoms with Gasteiger partial charge in [-0.25, -0.2) is 0 Å². The van der Waals surface area contributed by atoms with Gasteiger partial charge in [-0.15, -0.1) is 0 Å². The Labute approximate surface area is 175 Å². The SMILES string of the molecule is O=C1C(=Cc2cccc(Br)c2)C(c2ccccc2)=NN1c1ccc([N+](=O)[O-])cc1. The molecule has 0 radical (unpaired) electrons. The summed E-state index contributed by atoms with van der Waals surface area (Å²) in [6, 6.07) is 22.8. The van der Waals surface area contributed by atoms with E-state index >= 15 is 0 Å². The zero-order valence-electron chi connectivity index (χ0n) is 15.0. The normalized spacial score (nSPS) is 14.9. The van der Waals surface area contributed by atoms with Crippen molar-refractivity contribution in [3.63, 3.8) is 0 Å². The van der Waals surface area contributed by atoms with Crippen LogP contribution in [0.15, 0.2) is 94.0 Å². The molecule has 0 unspecified atom stereocenters. The average Bonchev–Trinajstić information content (AvgIpc) is 3.05. The Hall–Kier alpha value is -3.58. The number of non-ortho nitro benzene ring substituents is 1. The molecule has 0 bridgehead atoms. The molecule has 3 aromatic carbocycles. The number of nitrogens with zero attached hydrogens (tertiary/aromatic N) is 3. The lowest BCUT2D eigenvalue weighted by Crippen LogP contribution is -2.21. The largest absolute Gasteiger partial charge is 0.281 e. The van der Waals surface area contributed by atoms with Crippen LogP contribution in [0.5, 0.6) is 0 Å². The quantitative estimate of drug-likeness (QED) is 0.313. The second kappa shape index (κ2) is 7.81. The molecule has 29 heavy (non-hydrogen) atoms. The van der Waals surface area contributed by atoms with Gasteiger partial charge in [-0.2, -0.15) is 10.1 Å². The summed E-state index contributed by atoms with van der Waals surface area (Å²) < 4.78 is 0.905. The minimum Gasteiger partial charge on any atom is -0.267 e. The molecule has 3 aromatic rings. The van der Waals surface area contributed by atoms with Gasteiger partial charge in [0.2, 0.25) is 0 Å². The van der Waals surface area contributed by atoms with Crippen molar-refractivity contribution in [2.24, 2.45) is 5.10 Å². The summed E-state index contributed by atoms with van der Waals surface area (Å²) in [6.45, 7) is 0. The molecule has 6 nitrogen and oxygen atoms in total. The van der Waals surface area contributed by atoms with Crippen LogP contribution in [0.25, 0.3) is 6.08 Å². The van der Waals surface area contributed by atoms with E-state index in [0.29, 0.717) is 17.0 Å². The van der Waals surface area contributed by atoms with Gasteiger partial charge in [-0.05, 0) is 35.9 Å². The zero-order chi connectivity index (χ0) is 20.4. The van der Waals surface area contributed by atoms with Crippen molar-refractivity contribution in [1.82, 2.24) is 0 Å². The predicted molar refractivity (Wildman–Crippen MR) is 116 cm³/mol. The fourth-order valence-corrected chi connectivity index (χ4v) is 3.42. The third kappa shape index (κ3) is 3.86. The smallest absolute Gasteiger partial charge is 0.267 e. The van der Waals surface area contributed by atoms with E-state index in [-0.39, 0.29) is 11.6 Å². The topological polar surface area (TPSA) is 75.8 Å². The lowest BCUT2D eigenvalue weighted by atomic mass is 10.0. The van der Waals surface area contributed by atoms with E-state index in [9.17, 15) is 14.9 Å². The first kappa shape index (κ1) is 18.8. The lowest BCUT2D eigenvalue weighted by molar-refractivity contribution is -0.384. The molecule has 1 heterocycles. The van der Waals surface area contributed by atoms with Gasteiger partial charge in [0.1, 0.15) is 5.71 Å². The molecular weight excluding hydrogens is 434 g/mol. The highest BCUT2D eigenvalue weighted by molar-refractivity contribution is 9.10. The molecule has 1 aliphatic rings. The molecule has 0 aliphatic carbocycles. The highest BCUT2D eigenvalue weighted by Gasteiger charge is 2.32. The third-order valence-corrected chi connectivity index (χ3v) is 4.88. The average molecular weight is 448 g/mol. The van der Waals surface area contributed by atoms with E-state index in [2.05, 4.69) is 21.0 Å². The first-order valence-corrected chi connectivity index (χ1v) is 9.53. The van der Waals surface area contributed by atoms with Crippen LogP contribution in [0.4, 0.5) is 11.4 Å². The highest BCUT2D eigenvalue weighted by Crippen LogP contribution is 2.29. The van der Waals surface area contributed by atoms with Crippen molar-refractivity contribution >= 4 is 45.0 Å². The number of hydrazone groups is 1. The van der Waals surface area contributed by atoms with Crippen molar-refractivity contribution in [1.29, 1.82) is 0 Å². The number of carbonyl (C=O) groups excluding carboxylic acids is 1. The van der Waals surface area contributed by atoms with Gasteiger partial charge >= 0.3 is 0 Å². The van der Waals surface area contributed by atoms with Crippen molar-refractivity contribution in [2.75, 3.05) is 5.01 Å². The number of nitro benzene ring substituents is 1. The number of rotatable bonds is 4. The van der Waals surface area contributed by atoms with Gasteiger partial charge in [0.05, 0.1) is 16.2 Å². The Bertz CT molecular complexity index is 1160. The lowest BCUT2D eigenvalue weighted by Gasteiger charge is -2.11. The van der Waals surface area contributed by atoms with Crippen molar-refractivity contribution in [3.8, 4) is 0 Å². The number of carbonyl (C=O) groups is 1. The molecule has 0 fully saturated rings. The Morgan fingerprint density at radius 1 is 0.966 bits per heavy atom. The van der Waals surface area contributed by atoms with Crippen molar-refractivity contribution in [3.05, 3.63) is 110 Å². The van der Waals surface area contributed by atoms with Crippen LogP contribution in [0.3, 0.4) is 0 Å². The van der Waals surface area contributed by atoms with E-state index in [1.165, 1.54) is 29.3 Å². The number of anilines is 1. The highest BCUT2D eigenvalue weighted by atomic mass is 79.9. The molecule has 7 heteroatoms. The molecule has 0 spiro atoms. The number of hydrogen-bond acceptors (Lipinski definition) is 4. The van der Waals surface area contributed by atoms with Crippen LogP contribution in [0, 0.1) is 10.1 Å². The monoisotopic (exact) mass is 447 g/mol. The zero-order valence-corrected chi connectivity index (χ0v) is 16.6. The molecule has 0 N–H and O–H groups in total. The number of amides is 1. The van der Waals surface area contributed by atoms with Gasteiger partial charge in [0, 0.05) is 22.2 Å². The van der Waals surface area contributed by atoms with Crippen LogP contribution in [-0.2, 0) is 4.79 Å². The second-order valence-corrected chi connectivity index (χ2v) is 7.23. The van der Waals surface area contributed by atoms with Crippen LogP contribution < -0.4 is 5.01 Å². The fourth-order valence-electron chi connectivity index (χ4n) is 3.01.